The number of fused-ring (bicyclic) bond motifs is 5. The molecule has 0 unspecified atom stereocenters. The highest BCUT2D eigenvalue weighted by atomic mass is 16.3. The van der Waals surface area contributed by atoms with Gasteiger partial charge in [0, 0.05) is 28.0 Å². The Morgan fingerprint density at radius 2 is 1.06 bits per heavy atom. The predicted molar refractivity (Wildman–Crippen MR) is 195 cm³/mol. The number of oxazole rings is 1. The monoisotopic (exact) mass is 604 g/mol. The van der Waals surface area contributed by atoms with Crippen molar-refractivity contribution in [3.05, 3.63) is 169 Å². The summed E-state index contributed by atoms with van der Waals surface area (Å²) in [7, 11) is 0. The fourth-order valence-corrected chi connectivity index (χ4v) is 7.19. The zero-order valence-electron chi connectivity index (χ0n) is 26.3. The molecular weight excluding hydrogens is 572 g/mol. The molecule has 0 amide bonds. The average Bonchev–Trinajstić information content (AvgIpc) is 3.64. The minimum Gasteiger partial charge on any atom is -0.436 e. The fraction of sp³-hybridized carbons (Fsp3) is 0.0682. The standard InChI is InChI=1S/C44H32N2O/c1-44(2)39-26-33-24-36(46(34-16-10-5-11-17-34)35-21-18-30(19-22-35)29-12-6-3-7-13-29)23-20-32(33)25-37(39)38-27-42-41(28-40(38)44)45-43(47-42)31-14-8-4-9-15-31/h3-28H,1-2H3. The topological polar surface area (TPSA) is 29.3 Å². The molecule has 9 rings (SSSR count). The summed E-state index contributed by atoms with van der Waals surface area (Å²) in [6.45, 7) is 4.64. The van der Waals surface area contributed by atoms with Gasteiger partial charge in [0.1, 0.15) is 5.52 Å². The quantitative estimate of drug-likeness (QED) is 0.196. The van der Waals surface area contributed by atoms with Gasteiger partial charge in [-0.2, -0.15) is 0 Å². The van der Waals surface area contributed by atoms with Gasteiger partial charge < -0.3 is 9.32 Å². The Balaban J connectivity index is 1.14. The summed E-state index contributed by atoms with van der Waals surface area (Å²) in [5.41, 5.74) is 13.4. The first-order chi connectivity index (χ1) is 23.0. The van der Waals surface area contributed by atoms with Crippen molar-refractivity contribution >= 4 is 38.9 Å². The Hall–Kier alpha value is -5.93. The van der Waals surface area contributed by atoms with Crippen molar-refractivity contribution in [3.63, 3.8) is 0 Å². The Bertz CT molecular complexity index is 2410. The lowest BCUT2D eigenvalue weighted by atomic mass is 9.82. The summed E-state index contributed by atoms with van der Waals surface area (Å²) in [4.78, 5) is 7.22. The molecule has 1 heterocycles. The van der Waals surface area contributed by atoms with E-state index in [4.69, 9.17) is 9.40 Å². The van der Waals surface area contributed by atoms with E-state index in [2.05, 4.69) is 146 Å². The van der Waals surface area contributed by atoms with E-state index in [1.165, 1.54) is 44.2 Å². The maximum absolute atomic E-state index is 6.29. The Labute approximate surface area is 274 Å². The van der Waals surface area contributed by atoms with Crippen LogP contribution in [0.4, 0.5) is 17.1 Å². The van der Waals surface area contributed by atoms with Gasteiger partial charge >= 0.3 is 0 Å². The van der Waals surface area contributed by atoms with Crippen LogP contribution in [0.1, 0.15) is 25.0 Å². The van der Waals surface area contributed by atoms with Crippen LogP contribution in [0.5, 0.6) is 0 Å². The summed E-state index contributed by atoms with van der Waals surface area (Å²) in [6.07, 6.45) is 0. The van der Waals surface area contributed by atoms with E-state index in [1.54, 1.807) is 0 Å². The summed E-state index contributed by atoms with van der Waals surface area (Å²) < 4.78 is 6.29. The lowest BCUT2D eigenvalue weighted by Gasteiger charge is -2.26. The van der Waals surface area contributed by atoms with E-state index in [1.807, 2.05) is 30.3 Å². The van der Waals surface area contributed by atoms with Gasteiger partial charge in [-0.25, -0.2) is 4.98 Å². The van der Waals surface area contributed by atoms with Crippen molar-refractivity contribution in [1.82, 2.24) is 4.98 Å². The highest BCUT2D eigenvalue weighted by molar-refractivity contribution is 5.98. The number of rotatable bonds is 5. The molecule has 1 aliphatic carbocycles. The van der Waals surface area contributed by atoms with Crippen LogP contribution in [0, 0.1) is 0 Å². The van der Waals surface area contributed by atoms with E-state index in [9.17, 15) is 0 Å². The third-order valence-corrected chi connectivity index (χ3v) is 9.65. The maximum atomic E-state index is 6.29. The van der Waals surface area contributed by atoms with Crippen LogP contribution in [0.3, 0.4) is 0 Å². The molecule has 3 heteroatoms. The molecule has 0 spiro atoms. The minimum atomic E-state index is -0.179. The van der Waals surface area contributed by atoms with Crippen LogP contribution in [-0.4, -0.2) is 4.98 Å². The van der Waals surface area contributed by atoms with Crippen LogP contribution < -0.4 is 4.90 Å². The lowest BCUT2D eigenvalue weighted by Crippen LogP contribution is -2.15. The van der Waals surface area contributed by atoms with Crippen molar-refractivity contribution in [2.75, 3.05) is 4.90 Å². The molecule has 0 saturated heterocycles. The van der Waals surface area contributed by atoms with Crippen LogP contribution in [0.2, 0.25) is 0 Å². The van der Waals surface area contributed by atoms with Gasteiger partial charge in [0.15, 0.2) is 5.58 Å². The van der Waals surface area contributed by atoms with Gasteiger partial charge in [-0.1, -0.05) is 98.8 Å². The summed E-state index contributed by atoms with van der Waals surface area (Å²) in [6, 6.07) is 56.1. The number of hydrogen-bond donors (Lipinski definition) is 0. The van der Waals surface area contributed by atoms with Crippen molar-refractivity contribution in [3.8, 4) is 33.7 Å². The highest BCUT2D eigenvalue weighted by Gasteiger charge is 2.36. The predicted octanol–water partition coefficient (Wildman–Crippen LogP) is 12.1. The largest absolute Gasteiger partial charge is 0.436 e. The first-order valence-electron chi connectivity index (χ1n) is 16.1. The molecule has 1 aliphatic rings. The third kappa shape index (κ3) is 4.54. The van der Waals surface area contributed by atoms with Crippen LogP contribution in [0.25, 0.3) is 55.6 Å². The molecule has 1 aromatic heterocycles. The smallest absolute Gasteiger partial charge is 0.227 e. The second-order valence-corrected chi connectivity index (χ2v) is 12.9. The van der Waals surface area contributed by atoms with Gasteiger partial charge in [0.05, 0.1) is 0 Å². The van der Waals surface area contributed by atoms with Gasteiger partial charge in [0.2, 0.25) is 5.89 Å². The number of para-hydroxylation sites is 1. The molecular formula is C44H32N2O. The van der Waals surface area contributed by atoms with E-state index in [-0.39, 0.29) is 5.41 Å². The normalized spacial score (nSPS) is 13.1. The van der Waals surface area contributed by atoms with Crippen molar-refractivity contribution in [2.24, 2.45) is 0 Å². The van der Waals surface area contributed by atoms with Gasteiger partial charge in [-0.05, 0) is 117 Å². The molecule has 47 heavy (non-hydrogen) atoms. The molecule has 0 fully saturated rings. The van der Waals surface area contributed by atoms with Gasteiger partial charge in [0.25, 0.3) is 0 Å². The number of aromatic nitrogens is 1. The average molecular weight is 605 g/mol. The molecule has 0 bridgehead atoms. The number of nitrogens with zero attached hydrogens (tertiary/aromatic N) is 2. The Kier molecular flexibility index (Phi) is 6.16. The lowest BCUT2D eigenvalue weighted by molar-refractivity contribution is 0.619. The van der Waals surface area contributed by atoms with Crippen LogP contribution >= 0.6 is 0 Å². The molecule has 224 valence electrons. The van der Waals surface area contributed by atoms with Crippen LogP contribution in [0.15, 0.2) is 162 Å². The van der Waals surface area contributed by atoms with Crippen LogP contribution in [-0.2, 0) is 5.41 Å². The molecule has 0 saturated carbocycles. The second-order valence-electron chi connectivity index (χ2n) is 12.9. The number of anilines is 3. The Morgan fingerprint density at radius 3 is 1.79 bits per heavy atom. The van der Waals surface area contributed by atoms with Crippen molar-refractivity contribution in [1.29, 1.82) is 0 Å². The Morgan fingerprint density at radius 1 is 0.489 bits per heavy atom. The molecule has 3 nitrogen and oxygen atoms in total. The zero-order valence-corrected chi connectivity index (χ0v) is 26.3. The molecule has 0 radical (unpaired) electrons. The summed E-state index contributed by atoms with van der Waals surface area (Å²) in [5, 5.41) is 2.43. The zero-order chi connectivity index (χ0) is 31.5. The van der Waals surface area contributed by atoms with Gasteiger partial charge in [-0.15, -0.1) is 0 Å². The SMILES string of the molecule is CC1(C)c2cc3cc(N(c4ccccc4)c4ccc(-c5ccccc5)cc4)ccc3cc2-c2cc3oc(-c4ccccc4)nc3cc21. The van der Waals surface area contributed by atoms with E-state index >= 15 is 0 Å². The molecule has 7 aromatic carbocycles. The summed E-state index contributed by atoms with van der Waals surface area (Å²) >= 11 is 0. The molecule has 0 atom stereocenters. The minimum absolute atomic E-state index is 0.179. The van der Waals surface area contributed by atoms with E-state index in [0.29, 0.717) is 5.89 Å². The molecule has 0 N–H and O–H groups in total. The maximum Gasteiger partial charge on any atom is 0.227 e. The van der Waals surface area contributed by atoms with Crippen molar-refractivity contribution < 1.29 is 4.42 Å². The first-order valence-corrected chi connectivity index (χ1v) is 16.1. The van der Waals surface area contributed by atoms with Gasteiger partial charge in [-0.3, -0.25) is 0 Å². The second kappa shape index (κ2) is 10.6. The summed E-state index contributed by atoms with van der Waals surface area (Å²) in [5.74, 6) is 0.658. The highest BCUT2D eigenvalue weighted by Crippen LogP contribution is 2.51. The third-order valence-electron chi connectivity index (χ3n) is 9.65. The number of benzene rings is 7. The van der Waals surface area contributed by atoms with Crippen molar-refractivity contribution in [2.45, 2.75) is 19.3 Å². The van der Waals surface area contributed by atoms with E-state index in [0.717, 1.165) is 33.7 Å². The molecule has 0 aliphatic heterocycles. The van der Waals surface area contributed by atoms with E-state index < -0.39 is 0 Å². The fourth-order valence-electron chi connectivity index (χ4n) is 7.19. The first kappa shape index (κ1) is 27.4. The number of hydrogen-bond acceptors (Lipinski definition) is 3. The molecule has 8 aromatic rings.